The van der Waals surface area contributed by atoms with Gasteiger partial charge in [0.1, 0.15) is 12.4 Å². The third kappa shape index (κ3) is 5.29. The maximum Gasteiger partial charge on any atom is 0.359 e. The molecule has 2 aromatic carbocycles. The van der Waals surface area contributed by atoms with Crippen molar-refractivity contribution in [2.75, 3.05) is 50.7 Å². The van der Waals surface area contributed by atoms with Crippen molar-refractivity contribution < 1.29 is 14.4 Å². The first-order chi connectivity index (χ1) is 15.4. The van der Waals surface area contributed by atoms with Gasteiger partial charge >= 0.3 is 5.97 Å². The number of nitrogens with one attached hydrogen (secondary N) is 1. The molecule has 2 aliphatic rings. The normalized spacial score (nSPS) is 24.2. The van der Waals surface area contributed by atoms with Crippen molar-refractivity contribution in [3.8, 4) is 0 Å². The van der Waals surface area contributed by atoms with E-state index >= 15 is 0 Å². The fraction of sp³-hybridized carbons (Fsp3) is 0.440. The number of likely N-dealkylation sites (tertiary alicyclic amines) is 1. The molecule has 0 spiro atoms. The average molecular weight is 437 g/mol. The zero-order valence-electron chi connectivity index (χ0n) is 18.6. The first kappa shape index (κ1) is 22.3. The highest BCUT2D eigenvalue weighted by Gasteiger charge is 2.38. The van der Waals surface area contributed by atoms with E-state index in [0.29, 0.717) is 10.5 Å². The zero-order chi connectivity index (χ0) is 22.6. The van der Waals surface area contributed by atoms with Crippen LogP contribution >= 0.6 is 0 Å². The number of nitrogens with two attached hydrogens (primary N) is 1. The predicted octanol–water partition coefficient (Wildman–Crippen LogP) is 2.36. The third-order valence-electron chi connectivity index (χ3n) is 7.08. The first-order valence-corrected chi connectivity index (χ1v) is 11.5. The van der Waals surface area contributed by atoms with Crippen LogP contribution in [0.4, 0.5) is 5.69 Å². The van der Waals surface area contributed by atoms with Gasteiger partial charge in [-0.25, -0.2) is 4.79 Å². The van der Waals surface area contributed by atoms with Crippen molar-refractivity contribution >= 4 is 17.5 Å². The lowest BCUT2D eigenvalue weighted by Crippen LogP contribution is -2.59. The van der Waals surface area contributed by atoms with Gasteiger partial charge in [0, 0.05) is 61.9 Å². The summed E-state index contributed by atoms with van der Waals surface area (Å²) in [5.74, 6) is -0.605. The van der Waals surface area contributed by atoms with Crippen LogP contribution in [0.5, 0.6) is 0 Å². The number of nitrogens with zero attached hydrogens (tertiary/aromatic N) is 3. The Balaban J connectivity index is 1.32. The Labute approximate surface area is 190 Å². The van der Waals surface area contributed by atoms with Crippen molar-refractivity contribution in [2.24, 2.45) is 5.73 Å². The van der Waals surface area contributed by atoms with E-state index in [1.54, 1.807) is 0 Å². The lowest BCUT2D eigenvalue weighted by molar-refractivity contribution is -0.939. The van der Waals surface area contributed by atoms with Gasteiger partial charge < -0.3 is 20.2 Å². The number of quaternary nitrogens is 1. The molecule has 0 aliphatic carbocycles. The van der Waals surface area contributed by atoms with Gasteiger partial charge in [0.25, 0.3) is 0 Å². The van der Waals surface area contributed by atoms with E-state index in [0.717, 1.165) is 64.2 Å². The molecule has 0 radical (unpaired) electrons. The van der Waals surface area contributed by atoms with Crippen LogP contribution in [0.25, 0.3) is 0 Å². The summed E-state index contributed by atoms with van der Waals surface area (Å²) in [5, 5.41) is 17.1. The van der Waals surface area contributed by atoms with Gasteiger partial charge in [-0.2, -0.15) is 0 Å². The van der Waals surface area contributed by atoms with Crippen LogP contribution in [0.3, 0.4) is 0 Å². The number of hydrogen-bond donors (Lipinski definition) is 3. The maximum atomic E-state index is 11.6. The Hall–Kier alpha value is -2.90. The Morgan fingerprint density at radius 2 is 1.62 bits per heavy atom. The van der Waals surface area contributed by atoms with Crippen LogP contribution in [-0.2, 0) is 11.3 Å². The maximum absolute atomic E-state index is 11.6. The highest BCUT2D eigenvalue weighted by Crippen LogP contribution is 2.27. The zero-order valence-corrected chi connectivity index (χ0v) is 18.6. The molecule has 2 saturated heterocycles. The number of piperazine rings is 1. The van der Waals surface area contributed by atoms with Crippen LogP contribution in [0.1, 0.15) is 24.0 Å². The van der Waals surface area contributed by atoms with Gasteiger partial charge in [0.15, 0.2) is 6.54 Å². The summed E-state index contributed by atoms with van der Waals surface area (Å²) in [5.41, 5.74) is 8.72. The second kappa shape index (κ2) is 9.71. The number of amidine groups is 1. The molecule has 2 heterocycles. The van der Waals surface area contributed by atoms with E-state index < -0.39 is 5.97 Å². The molecule has 7 nitrogen and oxygen atoms in total. The lowest BCUT2D eigenvalue weighted by atomic mass is 9.98. The molecule has 32 heavy (non-hydrogen) atoms. The Bertz CT molecular complexity index is 915. The van der Waals surface area contributed by atoms with E-state index in [1.807, 2.05) is 42.5 Å². The van der Waals surface area contributed by atoms with Crippen molar-refractivity contribution in [3.05, 3.63) is 65.7 Å². The first-order valence-electron chi connectivity index (χ1n) is 11.5. The highest BCUT2D eigenvalue weighted by atomic mass is 16.4. The number of piperidine rings is 1. The summed E-state index contributed by atoms with van der Waals surface area (Å²) in [4.78, 5) is 16.6. The number of aliphatic carboxylic acids is 1. The SMILES string of the molecule is N=C(N)c1ccc(N2CCN(C3CC[N+](CC(=O)O)(Cc4ccccc4)CC3)CC2)cc1. The summed E-state index contributed by atoms with van der Waals surface area (Å²) >= 11 is 0. The monoisotopic (exact) mass is 436 g/mol. The van der Waals surface area contributed by atoms with Crippen molar-refractivity contribution in [1.82, 2.24) is 4.90 Å². The number of rotatable bonds is 7. The van der Waals surface area contributed by atoms with Crippen molar-refractivity contribution in [3.63, 3.8) is 0 Å². The second-order valence-electron chi connectivity index (χ2n) is 9.20. The van der Waals surface area contributed by atoms with Gasteiger partial charge in [-0.15, -0.1) is 0 Å². The van der Waals surface area contributed by atoms with Crippen molar-refractivity contribution in [1.29, 1.82) is 5.41 Å². The topological polar surface area (TPSA) is 93.7 Å². The fourth-order valence-corrected chi connectivity index (χ4v) is 5.29. The van der Waals surface area contributed by atoms with Gasteiger partial charge in [-0.3, -0.25) is 10.3 Å². The lowest BCUT2D eigenvalue weighted by Gasteiger charge is -2.47. The van der Waals surface area contributed by atoms with E-state index in [2.05, 4.69) is 21.9 Å². The van der Waals surface area contributed by atoms with E-state index in [1.165, 1.54) is 11.3 Å². The third-order valence-corrected chi connectivity index (χ3v) is 7.08. The van der Waals surface area contributed by atoms with Crippen LogP contribution in [0.2, 0.25) is 0 Å². The number of nitrogen functional groups attached to an aromatic ring is 1. The van der Waals surface area contributed by atoms with Crippen LogP contribution in [0, 0.1) is 5.41 Å². The summed E-state index contributed by atoms with van der Waals surface area (Å²) in [6.45, 7) is 6.84. The largest absolute Gasteiger partial charge is 0.477 e. The van der Waals surface area contributed by atoms with Crippen molar-refractivity contribution in [2.45, 2.75) is 25.4 Å². The van der Waals surface area contributed by atoms with Gasteiger partial charge in [0.2, 0.25) is 0 Å². The minimum Gasteiger partial charge on any atom is -0.477 e. The molecule has 4 N–H and O–H groups in total. The number of carboxylic acid groups (broad SMARTS) is 1. The smallest absolute Gasteiger partial charge is 0.359 e. The molecule has 0 amide bonds. The predicted molar refractivity (Wildman–Crippen MR) is 127 cm³/mol. The number of benzene rings is 2. The number of anilines is 1. The van der Waals surface area contributed by atoms with Crippen LogP contribution in [-0.4, -0.2) is 78.1 Å². The summed E-state index contributed by atoms with van der Waals surface area (Å²) in [6.07, 6.45) is 2.10. The Kier molecular flexibility index (Phi) is 6.77. The minimum atomic E-state index is -0.705. The summed E-state index contributed by atoms with van der Waals surface area (Å²) < 4.78 is 0.651. The molecular weight excluding hydrogens is 402 g/mol. The molecule has 0 atom stereocenters. The standard InChI is InChI=1S/C25H33N5O2/c26-25(27)21-6-8-22(9-7-21)28-12-14-29(15-13-28)23-10-16-30(17-11-23,19-24(31)32)18-20-4-2-1-3-5-20/h1-9,23H,10-19H2,(H3-,26,27,31,32)/p+1. The number of carboxylic acids is 1. The molecule has 2 aromatic rings. The van der Waals surface area contributed by atoms with E-state index in [4.69, 9.17) is 11.1 Å². The Morgan fingerprint density at radius 1 is 1.00 bits per heavy atom. The molecule has 0 bridgehead atoms. The highest BCUT2D eigenvalue weighted by molar-refractivity contribution is 5.95. The molecule has 4 rings (SSSR count). The fourth-order valence-electron chi connectivity index (χ4n) is 5.29. The average Bonchev–Trinajstić information content (AvgIpc) is 2.80. The molecule has 0 aromatic heterocycles. The van der Waals surface area contributed by atoms with Crippen LogP contribution in [0.15, 0.2) is 54.6 Å². The molecule has 170 valence electrons. The summed E-state index contributed by atoms with van der Waals surface area (Å²) in [7, 11) is 0. The molecule has 2 fully saturated rings. The second-order valence-corrected chi connectivity index (χ2v) is 9.20. The number of hydrogen-bond acceptors (Lipinski definition) is 4. The molecule has 0 saturated carbocycles. The molecular formula is C25H34N5O2+. The Morgan fingerprint density at radius 3 is 2.19 bits per heavy atom. The molecule has 0 unspecified atom stereocenters. The number of carbonyl (C=O) groups is 1. The summed E-state index contributed by atoms with van der Waals surface area (Å²) in [6, 6.07) is 18.8. The molecule has 2 aliphatic heterocycles. The quantitative estimate of drug-likeness (QED) is 0.352. The van der Waals surface area contributed by atoms with E-state index in [-0.39, 0.29) is 12.4 Å². The van der Waals surface area contributed by atoms with Crippen LogP contribution < -0.4 is 10.6 Å². The van der Waals surface area contributed by atoms with E-state index in [9.17, 15) is 9.90 Å². The van der Waals surface area contributed by atoms with Gasteiger partial charge in [-0.1, -0.05) is 30.3 Å². The van der Waals surface area contributed by atoms with Gasteiger partial charge in [0.05, 0.1) is 13.1 Å². The minimum absolute atomic E-state index is 0.100. The van der Waals surface area contributed by atoms with Gasteiger partial charge in [-0.05, 0) is 24.3 Å². The molecule has 7 heteroatoms.